The van der Waals surface area contributed by atoms with Crippen LogP contribution in [0.5, 0.6) is 0 Å². The predicted molar refractivity (Wildman–Crippen MR) is 68.6 cm³/mol. The molecule has 1 saturated heterocycles. The third-order valence-electron chi connectivity index (χ3n) is 3.43. The lowest BCUT2D eigenvalue weighted by molar-refractivity contribution is -0.145. The fourth-order valence-corrected chi connectivity index (χ4v) is 2.34. The molecule has 7 heteroatoms. The van der Waals surface area contributed by atoms with Crippen LogP contribution < -0.4 is 10.6 Å². The van der Waals surface area contributed by atoms with Gasteiger partial charge in [0.25, 0.3) is 0 Å². The van der Waals surface area contributed by atoms with Crippen LogP contribution in [0.2, 0.25) is 0 Å². The standard InChI is InChI=1S/C12H21N3O4/c1-7-5-4-6-15(9(7)11(17)18)12(19)14-8(2)10(16)13-3/h7-9H,4-6H2,1-3H3,(H,13,16)(H,14,19)(H,17,18). The highest BCUT2D eigenvalue weighted by molar-refractivity contribution is 5.88. The zero-order chi connectivity index (χ0) is 14.6. The second-order valence-electron chi connectivity index (χ2n) is 4.88. The summed E-state index contributed by atoms with van der Waals surface area (Å²) in [5.74, 6) is -1.41. The Kier molecular flexibility index (Phi) is 5.14. The van der Waals surface area contributed by atoms with Gasteiger partial charge in [0.15, 0.2) is 0 Å². The molecule has 0 aromatic heterocycles. The number of carbonyl (C=O) groups is 3. The second kappa shape index (κ2) is 6.40. The van der Waals surface area contributed by atoms with E-state index in [9.17, 15) is 19.5 Å². The van der Waals surface area contributed by atoms with Crippen LogP contribution in [0.3, 0.4) is 0 Å². The van der Waals surface area contributed by atoms with E-state index in [0.717, 1.165) is 12.8 Å². The number of nitrogens with zero attached hydrogens (tertiary/aromatic N) is 1. The van der Waals surface area contributed by atoms with E-state index in [1.807, 2.05) is 6.92 Å². The minimum Gasteiger partial charge on any atom is -0.480 e. The van der Waals surface area contributed by atoms with Crippen molar-refractivity contribution >= 4 is 17.9 Å². The molecular formula is C12H21N3O4. The normalized spacial score (nSPS) is 24.5. The van der Waals surface area contributed by atoms with E-state index < -0.39 is 24.1 Å². The van der Waals surface area contributed by atoms with E-state index in [1.165, 1.54) is 11.9 Å². The Bertz CT molecular complexity index is 372. The number of likely N-dealkylation sites (tertiary alicyclic amines) is 1. The number of hydrogen-bond donors (Lipinski definition) is 3. The van der Waals surface area contributed by atoms with E-state index >= 15 is 0 Å². The average Bonchev–Trinajstić information content (AvgIpc) is 2.36. The number of hydrogen-bond acceptors (Lipinski definition) is 3. The second-order valence-corrected chi connectivity index (χ2v) is 4.88. The quantitative estimate of drug-likeness (QED) is 0.673. The lowest BCUT2D eigenvalue weighted by Gasteiger charge is -2.37. The van der Waals surface area contributed by atoms with Gasteiger partial charge >= 0.3 is 12.0 Å². The lowest BCUT2D eigenvalue weighted by atomic mass is 9.91. The summed E-state index contributed by atoms with van der Waals surface area (Å²) in [5.41, 5.74) is 0. The van der Waals surface area contributed by atoms with Crippen LogP contribution >= 0.6 is 0 Å². The highest BCUT2D eigenvalue weighted by Gasteiger charge is 2.37. The number of amides is 3. The lowest BCUT2D eigenvalue weighted by Crippen LogP contribution is -2.57. The molecule has 1 fully saturated rings. The Balaban J connectivity index is 2.73. The molecule has 0 aromatic rings. The summed E-state index contributed by atoms with van der Waals surface area (Å²) in [4.78, 5) is 36.0. The minimum absolute atomic E-state index is 0.0905. The van der Waals surface area contributed by atoms with Crippen LogP contribution in [0.25, 0.3) is 0 Å². The molecule has 7 nitrogen and oxygen atoms in total. The third-order valence-corrected chi connectivity index (χ3v) is 3.43. The first-order valence-corrected chi connectivity index (χ1v) is 6.40. The van der Waals surface area contributed by atoms with Gasteiger partial charge in [0.2, 0.25) is 5.91 Å². The maximum Gasteiger partial charge on any atom is 0.326 e. The molecule has 19 heavy (non-hydrogen) atoms. The molecule has 3 N–H and O–H groups in total. The smallest absolute Gasteiger partial charge is 0.326 e. The van der Waals surface area contributed by atoms with E-state index in [-0.39, 0.29) is 11.8 Å². The molecule has 0 aromatic carbocycles. The van der Waals surface area contributed by atoms with Crippen LogP contribution in [0.15, 0.2) is 0 Å². The van der Waals surface area contributed by atoms with Gasteiger partial charge in [0.1, 0.15) is 12.1 Å². The number of urea groups is 1. The first kappa shape index (κ1) is 15.3. The van der Waals surface area contributed by atoms with E-state index in [2.05, 4.69) is 10.6 Å². The Morgan fingerprint density at radius 2 is 2.00 bits per heavy atom. The molecule has 3 atom stereocenters. The van der Waals surface area contributed by atoms with Gasteiger partial charge in [-0.05, 0) is 25.7 Å². The molecule has 0 bridgehead atoms. The Labute approximate surface area is 112 Å². The fourth-order valence-electron chi connectivity index (χ4n) is 2.34. The van der Waals surface area contributed by atoms with E-state index in [4.69, 9.17) is 0 Å². The summed E-state index contributed by atoms with van der Waals surface area (Å²) < 4.78 is 0. The Hall–Kier alpha value is -1.79. The van der Waals surface area contributed by atoms with Crippen molar-refractivity contribution in [2.45, 2.75) is 38.8 Å². The van der Waals surface area contributed by atoms with Crippen molar-refractivity contribution in [2.75, 3.05) is 13.6 Å². The van der Waals surface area contributed by atoms with Gasteiger partial charge < -0.3 is 20.6 Å². The molecule has 0 saturated carbocycles. The topological polar surface area (TPSA) is 98.7 Å². The van der Waals surface area contributed by atoms with Crippen molar-refractivity contribution in [1.29, 1.82) is 0 Å². The summed E-state index contributed by atoms with van der Waals surface area (Å²) in [6, 6.07) is -2.02. The number of carbonyl (C=O) groups excluding carboxylic acids is 2. The number of carboxylic acid groups (broad SMARTS) is 1. The minimum atomic E-state index is -1.00. The first-order chi connectivity index (χ1) is 8.88. The van der Waals surface area contributed by atoms with Crippen LogP contribution in [-0.2, 0) is 9.59 Å². The van der Waals surface area contributed by atoms with Crippen molar-refractivity contribution in [3.8, 4) is 0 Å². The van der Waals surface area contributed by atoms with Crippen molar-refractivity contribution in [3.63, 3.8) is 0 Å². The molecule has 3 amide bonds. The SMILES string of the molecule is CNC(=O)C(C)NC(=O)N1CCCC(C)C1C(=O)O. The van der Waals surface area contributed by atoms with Gasteiger partial charge in [-0.1, -0.05) is 6.92 Å². The number of piperidine rings is 1. The zero-order valence-corrected chi connectivity index (χ0v) is 11.5. The van der Waals surface area contributed by atoms with Gasteiger partial charge in [-0.25, -0.2) is 9.59 Å². The molecule has 0 aliphatic carbocycles. The molecule has 1 rings (SSSR count). The number of carboxylic acids is 1. The monoisotopic (exact) mass is 271 g/mol. The maximum absolute atomic E-state index is 12.1. The van der Waals surface area contributed by atoms with Crippen LogP contribution in [0.4, 0.5) is 4.79 Å². The van der Waals surface area contributed by atoms with Crippen LogP contribution in [0.1, 0.15) is 26.7 Å². The summed E-state index contributed by atoms with van der Waals surface area (Å²) in [6.07, 6.45) is 1.55. The molecule has 0 radical (unpaired) electrons. The van der Waals surface area contributed by atoms with Crippen molar-refractivity contribution in [2.24, 2.45) is 5.92 Å². The molecule has 0 spiro atoms. The molecule has 3 unspecified atom stereocenters. The largest absolute Gasteiger partial charge is 0.480 e. The van der Waals surface area contributed by atoms with Gasteiger partial charge in [-0.15, -0.1) is 0 Å². The third kappa shape index (κ3) is 3.59. The van der Waals surface area contributed by atoms with Gasteiger partial charge in [0, 0.05) is 13.6 Å². The number of nitrogens with one attached hydrogen (secondary N) is 2. The van der Waals surface area contributed by atoms with Gasteiger partial charge in [-0.3, -0.25) is 4.79 Å². The molecule has 108 valence electrons. The van der Waals surface area contributed by atoms with Crippen molar-refractivity contribution in [1.82, 2.24) is 15.5 Å². The predicted octanol–water partition coefficient (Wildman–Crippen LogP) is 0.0156. The zero-order valence-electron chi connectivity index (χ0n) is 11.5. The molecule has 1 aliphatic heterocycles. The Morgan fingerprint density at radius 3 is 2.53 bits per heavy atom. The molecular weight excluding hydrogens is 250 g/mol. The van der Waals surface area contributed by atoms with Crippen molar-refractivity contribution < 1.29 is 19.5 Å². The fraction of sp³-hybridized carbons (Fsp3) is 0.750. The van der Waals surface area contributed by atoms with Crippen LogP contribution in [-0.4, -0.2) is 53.6 Å². The van der Waals surface area contributed by atoms with E-state index in [1.54, 1.807) is 6.92 Å². The summed E-state index contributed by atoms with van der Waals surface area (Å²) >= 11 is 0. The van der Waals surface area contributed by atoms with E-state index in [0.29, 0.717) is 6.54 Å². The Morgan fingerprint density at radius 1 is 1.37 bits per heavy atom. The van der Waals surface area contributed by atoms with Gasteiger partial charge in [-0.2, -0.15) is 0 Å². The highest BCUT2D eigenvalue weighted by Crippen LogP contribution is 2.23. The highest BCUT2D eigenvalue weighted by atomic mass is 16.4. The molecule has 1 aliphatic rings. The maximum atomic E-state index is 12.1. The summed E-state index contributed by atoms with van der Waals surface area (Å²) in [6.45, 7) is 3.77. The number of rotatable bonds is 3. The summed E-state index contributed by atoms with van der Waals surface area (Å²) in [5, 5.41) is 14.2. The number of likely N-dealkylation sites (N-methyl/N-ethyl adjacent to an activating group) is 1. The van der Waals surface area contributed by atoms with Crippen molar-refractivity contribution in [3.05, 3.63) is 0 Å². The van der Waals surface area contributed by atoms with Gasteiger partial charge in [0.05, 0.1) is 0 Å². The van der Waals surface area contributed by atoms with Crippen LogP contribution in [0, 0.1) is 5.92 Å². The first-order valence-electron chi connectivity index (χ1n) is 6.40. The number of aliphatic carboxylic acids is 1. The average molecular weight is 271 g/mol. The summed E-state index contributed by atoms with van der Waals surface area (Å²) in [7, 11) is 1.48. The molecule has 1 heterocycles.